The molecule has 2 fully saturated rings. The molecule has 0 aromatic heterocycles. The summed E-state index contributed by atoms with van der Waals surface area (Å²) in [5.74, 6) is -2.11. The molecule has 0 bridgehead atoms. The van der Waals surface area contributed by atoms with Crippen molar-refractivity contribution in [2.45, 2.75) is 30.7 Å². The van der Waals surface area contributed by atoms with Crippen LogP contribution in [0.25, 0.3) is 0 Å². The Kier molecular flexibility index (Phi) is 7.53. The van der Waals surface area contributed by atoms with Crippen LogP contribution in [0, 0.1) is 23.0 Å². The average molecular weight is 538 g/mol. The van der Waals surface area contributed by atoms with Crippen LogP contribution < -0.4 is 5.73 Å². The Labute approximate surface area is 217 Å². The predicted molar refractivity (Wildman–Crippen MR) is 129 cm³/mol. The first-order valence-corrected chi connectivity index (χ1v) is 12.3. The smallest absolute Gasteiger partial charge is 0.413 e. The number of piperidine rings is 1. The standard InChI is InChI=1S/C25H24Cl2F2N4O3/c26-17-3-4-18(19(27)13-17)25(15-30)6-9-32(10-7-25)8-1-11-33(23(31)34)22(14-36-24(33)35)16-2-5-20(28)21(29)12-16/h2-5,12-13,22H,1,6-11,14H2,(H-,31,34)/p+1. The van der Waals surface area contributed by atoms with E-state index in [1.165, 1.54) is 6.07 Å². The second kappa shape index (κ2) is 10.3. The predicted octanol–water partition coefficient (Wildman–Crippen LogP) is 5.31. The summed E-state index contributed by atoms with van der Waals surface area (Å²) in [5, 5.41) is 10.9. The SMILES string of the molecule is N#CC1(c2ccc(Cl)cc2Cl)CCN(CCC[N+]2(C(N)=O)C(=O)OCC2c2ccc(F)c(F)c2)CC1. The molecule has 7 nitrogen and oxygen atoms in total. The largest absolute Gasteiger partial charge is 0.526 e. The van der Waals surface area contributed by atoms with Crippen molar-refractivity contribution in [1.82, 2.24) is 4.90 Å². The number of rotatable bonds is 6. The second-order valence-corrected chi connectivity index (χ2v) is 10.1. The number of nitrogens with two attached hydrogens (primary N) is 1. The molecule has 2 N–H and O–H groups in total. The van der Waals surface area contributed by atoms with Crippen LogP contribution in [0.3, 0.4) is 0 Å². The van der Waals surface area contributed by atoms with Crippen molar-refractivity contribution in [3.05, 3.63) is 69.2 Å². The minimum atomic E-state index is -1.08. The van der Waals surface area contributed by atoms with Gasteiger partial charge in [0.2, 0.25) is 0 Å². The van der Waals surface area contributed by atoms with Crippen molar-refractivity contribution in [3.8, 4) is 6.07 Å². The number of nitrogens with zero attached hydrogens (tertiary/aromatic N) is 3. The number of carbonyl (C=O) groups is 2. The van der Waals surface area contributed by atoms with Crippen molar-refractivity contribution >= 4 is 35.3 Å². The molecule has 2 aliphatic rings. The van der Waals surface area contributed by atoms with Crippen LogP contribution in [-0.2, 0) is 10.2 Å². The summed E-state index contributed by atoms with van der Waals surface area (Å²) >= 11 is 12.4. The Morgan fingerprint density at radius 1 is 1.19 bits per heavy atom. The third-order valence-corrected chi connectivity index (χ3v) is 7.85. The van der Waals surface area contributed by atoms with E-state index >= 15 is 0 Å². The summed E-state index contributed by atoms with van der Waals surface area (Å²) in [6, 6.07) is 9.05. The minimum absolute atomic E-state index is 0.0424. The van der Waals surface area contributed by atoms with Crippen LogP contribution in [0.1, 0.15) is 36.4 Å². The van der Waals surface area contributed by atoms with Crippen molar-refractivity contribution in [2.75, 3.05) is 32.8 Å². The number of quaternary nitrogens is 1. The van der Waals surface area contributed by atoms with E-state index in [1.54, 1.807) is 18.2 Å². The number of amides is 3. The van der Waals surface area contributed by atoms with E-state index in [1.807, 2.05) is 0 Å². The lowest BCUT2D eigenvalue weighted by Crippen LogP contribution is -2.58. The maximum atomic E-state index is 13.9. The Balaban J connectivity index is 1.44. The maximum absolute atomic E-state index is 13.9. The number of likely N-dealkylation sites (tertiary alicyclic amines) is 1. The lowest BCUT2D eigenvalue weighted by molar-refractivity contribution is -0.792. The number of benzene rings is 2. The maximum Gasteiger partial charge on any atom is 0.526 e. The third-order valence-electron chi connectivity index (χ3n) is 7.30. The number of halogens is 4. The van der Waals surface area contributed by atoms with Crippen molar-refractivity contribution in [1.29, 1.82) is 5.26 Å². The Bertz CT molecular complexity index is 1230. The summed E-state index contributed by atoms with van der Waals surface area (Å²) in [5.41, 5.74) is 5.96. The molecule has 2 saturated heterocycles. The minimum Gasteiger partial charge on any atom is -0.413 e. The number of imide groups is 1. The molecule has 0 aliphatic carbocycles. The molecule has 36 heavy (non-hydrogen) atoms. The first-order valence-electron chi connectivity index (χ1n) is 11.5. The number of hydrogen-bond acceptors (Lipinski definition) is 5. The third kappa shape index (κ3) is 4.66. The summed E-state index contributed by atoms with van der Waals surface area (Å²) in [6.07, 6.45) is 0.719. The van der Waals surface area contributed by atoms with Gasteiger partial charge in [-0.25, -0.2) is 13.6 Å². The van der Waals surface area contributed by atoms with Crippen LogP contribution >= 0.6 is 23.2 Å². The highest BCUT2D eigenvalue weighted by molar-refractivity contribution is 6.35. The van der Waals surface area contributed by atoms with E-state index in [0.29, 0.717) is 48.9 Å². The highest BCUT2D eigenvalue weighted by Gasteiger charge is 2.58. The van der Waals surface area contributed by atoms with Crippen LogP contribution in [0.2, 0.25) is 10.0 Å². The van der Waals surface area contributed by atoms with E-state index in [-0.39, 0.29) is 18.7 Å². The fraction of sp³-hybridized carbons (Fsp3) is 0.400. The first kappa shape index (κ1) is 26.3. The number of primary amides is 1. The Morgan fingerprint density at radius 3 is 2.53 bits per heavy atom. The van der Waals surface area contributed by atoms with Crippen LogP contribution in [0.15, 0.2) is 36.4 Å². The molecule has 2 unspecified atom stereocenters. The van der Waals surface area contributed by atoms with E-state index in [4.69, 9.17) is 33.7 Å². The van der Waals surface area contributed by atoms with Gasteiger partial charge < -0.3 is 15.4 Å². The topological polar surface area (TPSA) is 96.4 Å². The van der Waals surface area contributed by atoms with E-state index in [2.05, 4.69) is 11.0 Å². The van der Waals surface area contributed by atoms with Gasteiger partial charge in [-0.2, -0.15) is 10.1 Å². The molecule has 2 aromatic carbocycles. The van der Waals surface area contributed by atoms with Crippen molar-refractivity contribution in [3.63, 3.8) is 0 Å². The fourth-order valence-electron chi connectivity index (χ4n) is 5.21. The van der Waals surface area contributed by atoms with Gasteiger partial charge in [-0.15, -0.1) is 4.48 Å². The molecule has 2 aromatic rings. The zero-order valence-electron chi connectivity index (χ0n) is 19.4. The Hall–Kier alpha value is -2.77. The van der Waals surface area contributed by atoms with Gasteiger partial charge in [-0.3, -0.25) is 0 Å². The molecule has 0 radical (unpaired) electrons. The summed E-state index contributed by atoms with van der Waals surface area (Å²) in [4.78, 5) is 27.4. The number of ether oxygens (including phenoxy) is 1. The number of urea groups is 1. The van der Waals surface area contributed by atoms with Gasteiger partial charge in [0.05, 0.1) is 11.5 Å². The van der Waals surface area contributed by atoms with Gasteiger partial charge in [-0.1, -0.05) is 29.3 Å². The second-order valence-electron chi connectivity index (χ2n) is 9.21. The van der Waals surface area contributed by atoms with Crippen molar-refractivity contribution < 1.29 is 27.6 Å². The molecule has 4 rings (SSSR count). The van der Waals surface area contributed by atoms with Crippen LogP contribution in [0.5, 0.6) is 0 Å². The molecular weight excluding hydrogens is 513 g/mol. The van der Waals surface area contributed by atoms with Crippen molar-refractivity contribution in [2.24, 2.45) is 5.73 Å². The van der Waals surface area contributed by atoms with E-state index in [9.17, 15) is 23.6 Å². The quantitative estimate of drug-likeness (QED) is 0.504. The molecular formula is C25H25Cl2F2N4O3+. The zero-order valence-corrected chi connectivity index (χ0v) is 20.9. The van der Waals surface area contributed by atoms with Gasteiger partial charge in [0, 0.05) is 28.6 Å². The zero-order chi connectivity index (χ0) is 26.1. The van der Waals surface area contributed by atoms with Gasteiger partial charge >= 0.3 is 12.1 Å². The van der Waals surface area contributed by atoms with Gasteiger partial charge in [0.1, 0.15) is 6.54 Å². The summed E-state index contributed by atoms with van der Waals surface area (Å²) < 4.78 is 31.7. The molecule has 2 heterocycles. The van der Waals surface area contributed by atoms with Gasteiger partial charge in [0.25, 0.3) is 0 Å². The lowest BCUT2D eigenvalue weighted by atomic mass is 9.74. The normalized spacial score (nSPS) is 23.8. The summed E-state index contributed by atoms with van der Waals surface area (Å²) in [6.45, 7) is 1.64. The van der Waals surface area contributed by atoms with Crippen LogP contribution in [0.4, 0.5) is 18.4 Å². The lowest BCUT2D eigenvalue weighted by Gasteiger charge is -2.38. The van der Waals surface area contributed by atoms with Gasteiger partial charge in [0.15, 0.2) is 24.3 Å². The first-order chi connectivity index (χ1) is 17.1. The number of cyclic esters (lactones) is 1. The molecule has 3 amide bonds. The molecule has 2 atom stereocenters. The summed E-state index contributed by atoms with van der Waals surface area (Å²) in [7, 11) is 0. The molecule has 11 heteroatoms. The molecule has 2 aliphatic heterocycles. The van der Waals surface area contributed by atoms with E-state index in [0.717, 1.165) is 17.7 Å². The average Bonchev–Trinajstić information content (AvgIpc) is 3.18. The van der Waals surface area contributed by atoms with Gasteiger partial charge in [-0.05, 0) is 61.8 Å². The van der Waals surface area contributed by atoms with Crippen LogP contribution in [-0.4, -0.2) is 54.3 Å². The number of carbonyl (C=O) groups excluding carboxylic acids is 2. The monoisotopic (exact) mass is 537 g/mol. The number of hydrogen-bond donors (Lipinski definition) is 1. The van der Waals surface area contributed by atoms with E-state index < -0.39 is 39.7 Å². The molecule has 0 spiro atoms. The number of nitriles is 1. The fourth-order valence-corrected chi connectivity index (χ4v) is 5.80. The highest BCUT2D eigenvalue weighted by Crippen LogP contribution is 2.40. The molecule has 0 saturated carbocycles. The Morgan fingerprint density at radius 2 is 1.92 bits per heavy atom. The molecule has 190 valence electrons. The highest BCUT2D eigenvalue weighted by atomic mass is 35.5.